The smallest absolute Gasteiger partial charge is 0.124 e. The molecule has 0 spiro atoms. The van der Waals surface area contributed by atoms with E-state index in [4.69, 9.17) is 4.74 Å². The summed E-state index contributed by atoms with van der Waals surface area (Å²) in [5.41, 5.74) is 8.11. The standard InChI is InChI=1S/C27H25N3O/c1-19-8-7-11-24(20(19)2)25-14-22(12-13-23(25)15-28)27(26-16-29-18-30(26)3)31-17-21-9-5-4-6-10-21/h4-14,16,18,27H,17H2,1-3H3. The van der Waals surface area contributed by atoms with Gasteiger partial charge in [0.15, 0.2) is 0 Å². The predicted molar refractivity (Wildman–Crippen MR) is 122 cm³/mol. The summed E-state index contributed by atoms with van der Waals surface area (Å²) in [6.45, 7) is 4.68. The monoisotopic (exact) mass is 407 g/mol. The van der Waals surface area contributed by atoms with Crippen molar-refractivity contribution in [3.63, 3.8) is 0 Å². The molecule has 4 aromatic rings. The summed E-state index contributed by atoms with van der Waals surface area (Å²) in [5.74, 6) is 0. The van der Waals surface area contributed by atoms with E-state index in [2.05, 4.69) is 55.2 Å². The van der Waals surface area contributed by atoms with Crippen LogP contribution in [0.25, 0.3) is 11.1 Å². The van der Waals surface area contributed by atoms with Gasteiger partial charge < -0.3 is 9.30 Å². The lowest BCUT2D eigenvalue weighted by Gasteiger charge is -2.21. The molecular formula is C27H25N3O. The Morgan fingerprint density at radius 2 is 1.81 bits per heavy atom. The highest BCUT2D eigenvalue weighted by atomic mass is 16.5. The Balaban J connectivity index is 1.79. The molecule has 4 heteroatoms. The molecular weight excluding hydrogens is 382 g/mol. The molecule has 0 saturated heterocycles. The first-order chi connectivity index (χ1) is 15.1. The Hall–Kier alpha value is -3.68. The molecule has 0 N–H and O–H groups in total. The summed E-state index contributed by atoms with van der Waals surface area (Å²) >= 11 is 0. The SMILES string of the molecule is Cc1cccc(-c2cc(C(OCc3ccccc3)c3cncn3C)ccc2C#N)c1C. The first-order valence-electron chi connectivity index (χ1n) is 10.3. The van der Waals surface area contributed by atoms with Crippen molar-refractivity contribution in [2.75, 3.05) is 0 Å². The van der Waals surface area contributed by atoms with Gasteiger partial charge in [0.1, 0.15) is 6.10 Å². The minimum absolute atomic E-state index is 0.302. The molecule has 1 atom stereocenters. The van der Waals surface area contributed by atoms with Crippen LogP contribution in [0.5, 0.6) is 0 Å². The molecule has 0 bridgehead atoms. The summed E-state index contributed by atoms with van der Waals surface area (Å²) in [5, 5.41) is 9.75. The van der Waals surface area contributed by atoms with Crippen LogP contribution in [0, 0.1) is 25.2 Å². The Kier molecular flexibility index (Phi) is 5.97. The second-order valence-electron chi connectivity index (χ2n) is 7.77. The average molecular weight is 408 g/mol. The van der Waals surface area contributed by atoms with E-state index in [1.165, 1.54) is 11.1 Å². The molecule has 3 aromatic carbocycles. The summed E-state index contributed by atoms with van der Waals surface area (Å²) in [4.78, 5) is 4.29. The van der Waals surface area contributed by atoms with Crippen molar-refractivity contribution in [1.82, 2.24) is 9.55 Å². The Bertz CT molecular complexity index is 1240. The summed E-state index contributed by atoms with van der Waals surface area (Å²) < 4.78 is 8.39. The van der Waals surface area contributed by atoms with E-state index >= 15 is 0 Å². The van der Waals surface area contributed by atoms with Gasteiger partial charge in [-0.25, -0.2) is 4.98 Å². The third-order valence-corrected chi connectivity index (χ3v) is 5.74. The summed E-state index contributed by atoms with van der Waals surface area (Å²) in [6, 6.07) is 24.7. The minimum atomic E-state index is -0.302. The van der Waals surface area contributed by atoms with Crippen molar-refractivity contribution >= 4 is 0 Å². The van der Waals surface area contributed by atoms with Crippen LogP contribution in [0.15, 0.2) is 79.3 Å². The quantitative estimate of drug-likeness (QED) is 0.401. The molecule has 0 fully saturated rings. The molecule has 1 unspecified atom stereocenters. The van der Waals surface area contributed by atoms with E-state index in [0.29, 0.717) is 12.2 Å². The van der Waals surface area contributed by atoms with Gasteiger partial charge in [0.05, 0.1) is 36.5 Å². The molecule has 4 nitrogen and oxygen atoms in total. The lowest BCUT2D eigenvalue weighted by Crippen LogP contribution is -2.11. The molecule has 0 aliphatic carbocycles. The number of rotatable bonds is 6. The normalized spacial score (nSPS) is 11.8. The topological polar surface area (TPSA) is 50.8 Å². The van der Waals surface area contributed by atoms with Crippen LogP contribution in [-0.4, -0.2) is 9.55 Å². The van der Waals surface area contributed by atoms with E-state index < -0.39 is 0 Å². The second-order valence-corrected chi connectivity index (χ2v) is 7.77. The van der Waals surface area contributed by atoms with E-state index in [0.717, 1.165) is 27.9 Å². The van der Waals surface area contributed by atoms with Crippen LogP contribution in [0.3, 0.4) is 0 Å². The van der Waals surface area contributed by atoms with Crippen molar-refractivity contribution in [2.24, 2.45) is 7.05 Å². The summed E-state index contributed by atoms with van der Waals surface area (Å²) in [7, 11) is 1.97. The van der Waals surface area contributed by atoms with E-state index in [9.17, 15) is 5.26 Å². The molecule has 1 aromatic heterocycles. The Morgan fingerprint density at radius 1 is 1.00 bits per heavy atom. The fourth-order valence-electron chi connectivity index (χ4n) is 3.81. The highest BCUT2D eigenvalue weighted by molar-refractivity contribution is 5.75. The maximum absolute atomic E-state index is 9.75. The van der Waals surface area contributed by atoms with Gasteiger partial charge in [-0.1, -0.05) is 54.6 Å². The molecule has 0 aliphatic heterocycles. The van der Waals surface area contributed by atoms with Crippen molar-refractivity contribution in [3.8, 4) is 17.2 Å². The van der Waals surface area contributed by atoms with E-state index in [1.54, 1.807) is 6.33 Å². The van der Waals surface area contributed by atoms with Crippen LogP contribution in [0.1, 0.15) is 39.6 Å². The number of ether oxygens (including phenoxy) is 1. The number of imidazole rings is 1. The molecule has 4 rings (SSSR count). The molecule has 0 saturated carbocycles. The lowest BCUT2D eigenvalue weighted by molar-refractivity contribution is 0.0622. The molecule has 1 heterocycles. The van der Waals surface area contributed by atoms with Crippen LogP contribution >= 0.6 is 0 Å². The second kappa shape index (κ2) is 8.99. The van der Waals surface area contributed by atoms with E-state index in [-0.39, 0.29) is 6.10 Å². The van der Waals surface area contributed by atoms with Gasteiger partial charge in [-0.3, -0.25) is 0 Å². The molecule has 0 radical (unpaired) electrons. The average Bonchev–Trinajstić information content (AvgIpc) is 3.22. The zero-order chi connectivity index (χ0) is 21.8. The number of hydrogen-bond acceptors (Lipinski definition) is 3. The zero-order valence-corrected chi connectivity index (χ0v) is 18.0. The first-order valence-corrected chi connectivity index (χ1v) is 10.3. The zero-order valence-electron chi connectivity index (χ0n) is 18.0. The number of aryl methyl sites for hydroxylation is 2. The highest BCUT2D eigenvalue weighted by Gasteiger charge is 2.21. The molecule has 154 valence electrons. The van der Waals surface area contributed by atoms with E-state index in [1.807, 2.05) is 54.2 Å². The maximum Gasteiger partial charge on any atom is 0.124 e. The largest absolute Gasteiger partial charge is 0.363 e. The minimum Gasteiger partial charge on any atom is -0.363 e. The van der Waals surface area contributed by atoms with Crippen molar-refractivity contribution in [1.29, 1.82) is 5.26 Å². The van der Waals surface area contributed by atoms with Crippen LogP contribution < -0.4 is 0 Å². The van der Waals surface area contributed by atoms with Crippen molar-refractivity contribution in [2.45, 2.75) is 26.6 Å². The number of nitriles is 1. The third kappa shape index (κ3) is 4.28. The van der Waals surface area contributed by atoms with Gasteiger partial charge in [-0.2, -0.15) is 5.26 Å². The number of benzene rings is 3. The highest BCUT2D eigenvalue weighted by Crippen LogP contribution is 2.34. The molecule has 31 heavy (non-hydrogen) atoms. The Morgan fingerprint density at radius 3 is 2.52 bits per heavy atom. The predicted octanol–water partition coefficient (Wildman–Crippen LogP) is 5.88. The lowest BCUT2D eigenvalue weighted by atomic mass is 9.91. The summed E-state index contributed by atoms with van der Waals surface area (Å²) in [6.07, 6.45) is 3.32. The fraction of sp³-hybridized carbons (Fsp3) is 0.185. The number of hydrogen-bond donors (Lipinski definition) is 0. The van der Waals surface area contributed by atoms with Crippen molar-refractivity contribution < 1.29 is 4.74 Å². The first kappa shape index (κ1) is 20.6. The van der Waals surface area contributed by atoms with Crippen LogP contribution in [0.2, 0.25) is 0 Å². The van der Waals surface area contributed by atoms with Crippen LogP contribution in [-0.2, 0) is 18.4 Å². The maximum atomic E-state index is 9.75. The van der Waals surface area contributed by atoms with Crippen LogP contribution in [0.4, 0.5) is 0 Å². The van der Waals surface area contributed by atoms with Gasteiger partial charge in [-0.05, 0) is 53.8 Å². The van der Waals surface area contributed by atoms with Gasteiger partial charge in [0, 0.05) is 12.6 Å². The Labute approximate surface area is 183 Å². The molecule has 0 amide bonds. The third-order valence-electron chi connectivity index (χ3n) is 5.74. The fourth-order valence-corrected chi connectivity index (χ4v) is 3.81. The van der Waals surface area contributed by atoms with Gasteiger partial charge in [0.25, 0.3) is 0 Å². The van der Waals surface area contributed by atoms with Crippen molar-refractivity contribution in [3.05, 3.63) is 113 Å². The number of aromatic nitrogens is 2. The van der Waals surface area contributed by atoms with Gasteiger partial charge in [-0.15, -0.1) is 0 Å². The molecule has 0 aliphatic rings. The number of nitrogens with zero attached hydrogens (tertiary/aromatic N) is 3. The van der Waals surface area contributed by atoms with Gasteiger partial charge >= 0.3 is 0 Å². The van der Waals surface area contributed by atoms with Gasteiger partial charge in [0.2, 0.25) is 0 Å².